The fraction of sp³-hybridized carbons (Fsp3) is 0.304. The van der Waals surface area contributed by atoms with Gasteiger partial charge in [-0.2, -0.15) is 8.78 Å². The van der Waals surface area contributed by atoms with Crippen molar-refractivity contribution >= 4 is 50.2 Å². The molecule has 0 saturated carbocycles. The second-order valence-electron chi connectivity index (χ2n) is 7.88. The lowest BCUT2D eigenvalue weighted by Gasteiger charge is -2.23. The third kappa shape index (κ3) is 6.35. The summed E-state index contributed by atoms with van der Waals surface area (Å²) in [6.07, 6.45) is 1.62. The van der Waals surface area contributed by atoms with Gasteiger partial charge in [0.25, 0.3) is 0 Å². The zero-order chi connectivity index (χ0) is 25.0. The molecule has 0 radical (unpaired) electrons. The van der Waals surface area contributed by atoms with Gasteiger partial charge in [0, 0.05) is 48.4 Å². The van der Waals surface area contributed by atoms with Crippen LogP contribution in [0, 0.1) is 6.92 Å². The Labute approximate surface area is 201 Å². The van der Waals surface area contributed by atoms with Crippen LogP contribution in [0.4, 0.5) is 20.3 Å². The van der Waals surface area contributed by atoms with Crippen molar-refractivity contribution in [1.29, 1.82) is 0 Å². The number of carboxylic acid groups (broad SMARTS) is 1. The Balaban J connectivity index is 0.000000406. The van der Waals surface area contributed by atoms with E-state index in [1.807, 2.05) is 55.5 Å². The summed E-state index contributed by atoms with van der Waals surface area (Å²) in [5, 5.41) is 8.45. The van der Waals surface area contributed by atoms with Crippen LogP contribution in [0.15, 0.2) is 53.4 Å². The number of nitrogens with one attached hydrogen (secondary N) is 1. The molecule has 34 heavy (non-hydrogen) atoms. The Kier molecular flexibility index (Phi) is 7.98. The monoisotopic (exact) mass is 509 g/mol. The highest BCUT2D eigenvalue weighted by atomic mass is 32.2. The molecule has 0 amide bonds. The molecule has 0 spiro atoms. The zero-order valence-corrected chi connectivity index (χ0v) is 20.5. The summed E-state index contributed by atoms with van der Waals surface area (Å²) < 4.78 is 49.9. The number of aliphatic carboxylic acids is 1. The second-order valence-corrected chi connectivity index (χ2v) is 10.5. The maximum absolute atomic E-state index is 12.6. The molecule has 2 unspecified atom stereocenters. The Morgan fingerprint density at radius 3 is 2.56 bits per heavy atom. The molecule has 2 N–H and O–H groups in total. The predicted octanol–water partition coefficient (Wildman–Crippen LogP) is 4.10. The number of alkyl halides is 2. The lowest BCUT2D eigenvalue weighted by molar-refractivity contribution is -0.161. The van der Waals surface area contributed by atoms with E-state index in [0.29, 0.717) is 25.8 Å². The van der Waals surface area contributed by atoms with Gasteiger partial charge in [-0.1, -0.05) is 29.8 Å². The van der Waals surface area contributed by atoms with Crippen LogP contribution in [0.25, 0.3) is 10.9 Å². The van der Waals surface area contributed by atoms with Crippen molar-refractivity contribution in [2.75, 3.05) is 28.2 Å². The van der Waals surface area contributed by atoms with Crippen LogP contribution in [0.5, 0.6) is 0 Å². The van der Waals surface area contributed by atoms with E-state index in [1.54, 1.807) is 6.26 Å². The average molecular weight is 510 g/mol. The third-order valence-corrected chi connectivity index (χ3v) is 6.98. The Hall–Kier alpha value is -2.92. The smallest absolute Gasteiger partial charge is 0.374 e. The van der Waals surface area contributed by atoms with E-state index in [4.69, 9.17) is 10.1 Å². The SMILES string of the molecule is CC(F)(F)C(=O)O.Cc1ccc2nc(N3CCS(=O)c4ccccc4C3)cc(NS(C)=O)c2c1. The number of aryl methyl sites for hydroxylation is 1. The van der Waals surface area contributed by atoms with Gasteiger partial charge in [0.05, 0.1) is 22.0 Å². The highest BCUT2D eigenvalue weighted by Crippen LogP contribution is 2.30. The minimum atomic E-state index is -3.58. The molecule has 182 valence electrons. The molecule has 0 fully saturated rings. The van der Waals surface area contributed by atoms with E-state index in [0.717, 1.165) is 38.4 Å². The van der Waals surface area contributed by atoms with Gasteiger partial charge in [-0.3, -0.25) is 4.21 Å². The van der Waals surface area contributed by atoms with Crippen LogP contribution >= 0.6 is 0 Å². The summed E-state index contributed by atoms with van der Waals surface area (Å²) in [7, 11) is -2.19. The summed E-state index contributed by atoms with van der Waals surface area (Å²) in [5.41, 5.74) is 3.84. The third-order valence-electron chi connectivity index (χ3n) is 5.03. The molecule has 2 atom stereocenters. The largest absolute Gasteiger partial charge is 0.477 e. The Morgan fingerprint density at radius 1 is 1.24 bits per heavy atom. The number of nitrogens with zero attached hydrogens (tertiary/aromatic N) is 2. The first-order chi connectivity index (χ1) is 16.0. The normalized spacial score (nSPS) is 16.6. The number of fused-ring (bicyclic) bond motifs is 2. The quantitative estimate of drug-likeness (QED) is 0.549. The van der Waals surface area contributed by atoms with Crippen molar-refractivity contribution in [3.05, 3.63) is 59.7 Å². The molecular weight excluding hydrogens is 484 g/mol. The van der Waals surface area contributed by atoms with Gasteiger partial charge in [0.1, 0.15) is 16.8 Å². The highest BCUT2D eigenvalue weighted by molar-refractivity contribution is 7.85. The maximum atomic E-state index is 12.6. The molecule has 2 heterocycles. The predicted molar refractivity (Wildman–Crippen MR) is 131 cm³/mol. The van der Waals surface area contributed by atoms with Crippen molar-refractivity contribution in [2.45, 2.75) is 31.2 Å². The van der Waals surface area contributed by atoms with Crippen molar-refractivity contribution < 1.29 is 27.1 Å². The first kappa shape index (κ1) is 25.7. The fourth-order valence-electron chi connectivity index (χ4n) is 3.37. The number of anilines is 2. The summed E-state index contributed by atoms with van der Waals surface area (Å²) in [6, 6.07) is 15.9. The molecule has 0 saturated heterocycles. The average Bonchev–Trinajstić information content (AvgIpc) is 2.92. The molecule has 0 aliphatic carbocycles. The van der Waals surface area contributed by atoms with Gasteiger partial charge in [-0.25, -0.2) is 14.0 Å². The standard InChI is InChI=1S/C20H21N3O2S2.C3H4F2O2/c1-14-7-8-17-16(11-14)18(22-26(2)24)12-20(21-17)23-9-10-27(25)19-6-4-3-5-15(19)13-23;1-3(4,5)2(6)7/h3-8,11-12H,9-10,13H2,1-2H3,(H,21,22);1H3,(H,6,7). The first-order valence-corrected chi connectivity index (χ1v) is 13.2. The number of carboxylic acids is 1. The lowest BCUT2D eigenvalue weighted by Crippen LogP contribution is -2.26. The van der Waals surface area contributed by atoms with Gasteiger partial charge < -0.3 is 14.7 Å². The fourth-order valence-corrected chi connectivity index (χ4v) is 5.11. The van der Waals surface area contributed by atoms with Crippen molar-refractivity contribution in [2.24, 2.45) is 0 Å². The number of hydrogen-bond acceptors (Lipinski definition) is 5. The second kappa shape index (κ2) is 10.6. The Bertz CT molecular complexity index is 1260. The van der Waals surface area contributed by atoms with Crippen LogP contribution in [0.3, 0.4) is 0 Å². The Morgan fingerprint density at radius 2 is 1.91 bits per heavy atom. The topological polar surface area (TPSA) is 99.6 Å². The van der Waals surface area contributed by atoms with Gasteiger partial charge in [0.2, 0.25) is 0 Å². The lowest BCUT2D eigenvalue weighted by atomic mass is 10.1. The van der Waals surface area contributed by atoms with E-state index in [1.165, 1.54) is 0 Å². The summed E-state index contributed by atoms with van der Waals surface area (Å²) >= 11 is 0. The van der Waals surface area contributed by atoms with Crippen LogP contribution in [-0.2, 0) is 33.1 Å². The number of hydrogen-bond donors (Lipinski definition) is 2. The molecule has 0 bridgehead atoms. The van der Waals surface area contributed by atoms with E-state index in [-0.39, 0.29) is 0 Å². The van der Waals surface area contributed by atoms with Crippen molar-refractivity contribution in [3.63, 3.8) is 0 Å². The molecule has 11 heteroatoms. The number of halogens is 2. The van der Waals surface area contributed by atoms with Gasteiger partial charge in [-0.15, -0.1) is 0 Å². The van der Waals surface area contributed by atoms with Gasteiger partial charge >= 0.3 is 11.9 Å². The van der Waals surface area contributed by atoms with Crippen LogP contribution in [0.2, 0.25) is 0 Å². The number of pyridine rings is 1. The van der Waals surface area contributed by atoms with Crippen LogP contribution in [0.1, 0.15) is 18.1 Å². The number of carbonyl (C=O) groups is 1. The number of benzene rings is 2. The van der Waals surface area contributed by atoms with E-state index >= 15 is 0 Å². The number of rotatable bonds is 4. The van der Waals surface area contributed by atoms with Crippen LogP contribution in [-0.4, -0.2) is 49.0 Å². The van der Waals surface area contributed by atoms with E-state index in [2.05, 4.69) is 9.62 Å². The summed E-state index contributed by atoms with van der Waals surface area (Å²) in [4.78, 5) is 17.2. The molecule has 1 aromatic heterocycles. The molecule has 3 aromatic rings. The van der Waals surface area contributed by atoms with Gasteiger partial charge in [0.15, 0.2) is 0 Å². The zero-order valence-electron chi connectivity index (χ0n) is 18.9. The molecular formula is C23H25F2N3O4S2. The minimum absolute atomic E-state index is 0.329. The van der Waals surface area contributed by atoms with E-state index in [9.17, 15) is 22.0 Å². The highest BCUT2D eigenvalue weighted by Gasteiger charge is 2.31. The van der Waals surface area contributed by atoms with E-state index < -0.39 is 33.7 Å². The first-order valence-electron chi connectivity index (χ1n) is 10.3. The molecule has 1 aliphatic heterocycles. The summed E-state index contributed by atoms with van der Waals surface area (Å²) in [6.45, 7) is 3.66. The summed E-state index contributed by atoms with van der Waals surface area (Å²) in [5.74, 6) is -4.31. The molecule has 1 aliphatic rings. The van der Waals surface area contributed by atoms with Crippen LogP contribution < -0.4 is 9.62 Å². The van der Waals surface area contributed by atoms with Gasteiger partial charge in [-0.05, 0) is 30.7 Å². The minimum Gasteiger partial charge on any atom is -0.477 e. The molecule has 4 rings (SSSR count). The van der Waals surface area contributed by atoms with Crippen molar-refractivity contribution in [1.82, 2.24) is 4.98 Å². The number of aromatic nitrogens is 1. The maximum Gasteiger partial charge on any atom is 0.374 e. The molecule has 2 aromatic carbocycles. The van der Waals surface area contributed by atoms with Crippen molar-refractivity contribution in [3.8, 4) is 0 Å². The molecule has 7 nitrogen and oxygen atoms in total.